The van der Waals surface area contributed by atoms with Gasteiger partial charge in [0, 0.05) is 13.0 Å². The van der Waals surface area contributed by atoms with Gasteiger partial charge in [-0.25, -0.2) is 9.45 Å². The van der Waals surface area contributed by atoms with Gasteiger partial charge in [-0.1, -0.05) is 26.0 Å². The largest absolute Gasteiger partial charge is 0.275 e. The van der Waals surface area contributed by atoms with E-state index in [-0.39, 0.29) is 29.0 Å². The normalized spacial score (nSPS) is 24.1. The lowest BCUT2D eigenvalue weighted by Gasteiger charge is -2.14. The van der Waals surface area contributed by atoms with Gasteiger partial charge in [-0.05, 0) is 29.5 Å². The fourth-order valence-corrected chi connectivity index (χ4v) is 2.87. The van der Waals surface area contributed by atoms with Crippen molar-refractivity contribution < 1.29 is 14.0 Å². The molecule has 0 aromatic heterocycles. The lowest BCUT2D eigenvalue weighted by atomic mass is 10.0. The Labute approximate surface area is 113 Å². The van der Waals surface area contributed by atoms with Crippen LogP contribution in [0.15, 0.2) is 18.2 Å². The molecule has 0 saturated heterocycles. The summed E-state index contributed by atoms with van der Waals surface area (Å²) in [4.78, 5) is 17.2. The Hall–Kier alpha value is -1.42. The zero-order valence-corrected chi connectivity index (χ0v) is 12.0. The zero-order chi connectivity index (χ0) is 14.4. The van der Waals surface area contributed by atoms with Gasteiger partial charge in [0.2, 0.25) is 5.91 Å². The molecule has 1 aliphatic rings. The van der Waals surface area contributed by atoms with E-state index < -0.39 is 0 Å². The molecule has 0 unspecified atom stereocenters. The number of carbonyl (C=O) groups is 1. The van der Waals surface area contributed by atoms with Crippen LogP contribution in [0.25, 0.3) is 0 Å². The van der Waals surface area contributed by atoms with Crippen molar-refractivity contribution in [1.29, 1.82) is 0 Å². The summed E-state index contributed by atoms with van der Waals surface area (Å²) in [6.45, 7) is 5.86. The molecule has 0 radical (unpaired) electrons. The number of hydrogen-bond acceptors (Lipinski definition) is 2. The van der Waals surface area contributed by atoms with E-state index in [1.165, 1.54) is 18.2 Å². The number of nitrogens with zero attached hydrogens (tertiary/aromatic N) is 1. The molecule has 2 atom stereocenters. The summed E-state index contributed by atoms with van der Waals surface area (Å²) in [6.07, 6.45) is 0. The van der Waals surface area contributed by atoms with Crippen molar-refractivity contribution in [3.8, 4) is 0 Å². The number of hydroxylamine groups is 2. The van der Waals surface area contributed by atoms with Crippen molar-refractivity contribution in [1.82, 2.24) is 5.06 Å². The van der Waals surface area contributed by atoms with Gasteiger partial charge in [0.25, 0.3) is 0 Å². The van der Waals surface area contributed by atoms with Gasteiger partial charge in [0.1, 0.15) is 5.82 Å². The van der Waals surface area contributed by atoms with E-state index >= 15 is 0 Å². The lowest BCUT2D eigenvalue weighted by Crippen LogP contribution is -2.28. The van der Waals surface area contributed by atoms with Gasteiger partial charge in [-0.15, -0.1) is 0 Å². The van der Waals surface area contributed by atoms with Gasteiger partial charge in [-0.2, -0.15) is 0 Å². The standard InChI is InChI=1S/C15H20FNO2/c1-9-8-10(6-7-11(9)16)12-13(15(12,2)3)14(18)17(4)19-5/h6-8,12-13H,1-5H3/t12-,13+/m1/s1. The first-order chi connectivity index (χ1) is 8.80. The maximum atomic E-state index is 13.3. The molecule has 1 amide bonds. The van der Waals surface area contributed by atoms with Gasteiger partial charge in [0.15, 0.2) is 0 Å². The minimum atomic E-state index is -0.209. The van der Waals surface area contributed by atoms with E-state index in [1.807, 2.05) is 6.07 Å². The molecule has 0 N–H and O–H groups in total. The van der Waals surface area contributed by atoms with Crippen molar-refractivity contribution in [2.24, 2.45) is 11.3 Å². The van der Waals surface area contributed by atoms with Gasteiger partial charge >= 0.3 is 0 Å². The third-order valence-electron chi connectivity index (χ3n) is 4.22. The number of hydrogen-bond donors (Lipinski definition) is 0. The zero-order valence-electron chi connectivity index (χ0n) is 12.0. The summed E-state index contributed by atoms with van der Waals surface area (Å²) in [5.74, 6) is -0.224. The lowest BCUT2D eigenvalue weighted by molar-refractivity contribution is -0.171. The molecule has 0 heterocycles. The first kappa shape index (κ1) is 14.0. The van der Waals surface area contributed by atoms with E-state index in [1.54, 1.807) is 20.0 Å². The second-order valence-electron chi connectivity index (χ2n) is 5.80. The van der Waals surface area contributed by atoms with Crippen LogP contribution in [0.1, 0.15) is 30.9 Å². The van der Waals surface area contributed by atoms with Crippen LogP contribution in [0.4, 0.5) is 4.39 Å². The Bertz CT molecular complexity index is 513. The maximum Gasteiger partial charge on any atom is 0.250 e. The second-order valence-corrected chi connectivity index (χ2v) is 5.80. The van der Waals surface area contributed by atoms with Crippen LogP contribution >= 0.6 is 0 Å². The number of benzene rings is 1. The highest BCUT2D eigenvalue weighted by Crippen LogP contribution is 2.64. The molecule has 3 nitrogen and oxygen atoms in total. The van der Waals surface area contributed by atoms with E-state index in [0.29, 0.717) is 5.56 Å². The Morgan fingerprint density at radius 2 is 2.05 bits per heavy atom. The van der Waals surface area contributed by atoms with Crippen LogP contribution in [0, 0.1) is 24.1 Å². The van der Waals surface area contributed by atoms with Gasteiger partial charge in [-0.3, -0.25) is 9.63 Å². The molecule has 0 spiro atoms. The maximum absolute atomic E-state index is 13.3. The summed E-state index contributed by atoms with van der Waals surface area (Å²) in [5, 5.41) is 1.27. The highest BCUT2D eigenvalue weighted by Gasteiger charge is 2.63. The smallest absolute Gasteiger partial charge is 0.250 e. The van der Waals surface area contributed by atoms with Crippen molar-refractivity contribution in [2.75, 3.05) is 14.2 Å². The minimum Gasteiger partial charge on any atom is -0.275 e. The quantitative estimate of drug-likeness (QED) is 0.786. The van der Waals surface area contributed by atoms with Crippen LogP contribution < -0.4 is 0 Å². The predicted molar refractivity (Wildman–Crippen MR) is 70.9 cm³/mol. The molecular weight excluding hydrogens is 245 g/mol. The van der Waals surface area contributed by atoms with E-state index in [2.05, 4.69) is 13.8 Å². The molecular formula is C15H20FNO2. The third kappa shape index (κ3) is 2.25. The highest BCUT2D eigenvalue weighted by atomic mass is 19.1. The Balaban J connectivity index is 2.26. The fraction of sp³-hybridized carbons (Fsp3) is 0.533. The topological polar surface area (TPSA) is 29.5 Å². The monoisotopic (exact) mass is 265 g/mol. The fourth-order valence-electron chi connectivity index (χ4n) is 2.87. The first-order valence-corrected chi connectivity index (χ1v) is 6.38. The molecule has 4 heteroatoms. The predicted octanol–water partition coefficient (Wildman–Crippen LogP) is 2.89. The van der Waals surface area contributed by atoms with Crippen LogP contribution in [0.2, 0.25) is 0 Å². The second kappa shape index (κ2) is 4.60. The molecule has 1 saturated carbocycles. The van der Waals surface area contributed by atoms with Gasteiger partial charge < -0.3 is 0 Å². The summed E-state index contributed by atoms with van der Waals surface area (Å²) >= 11 is 0. The van der Waals surface area contributed by atoms with Crippen LogP contribution in [-0.2, 0) is 9.63 Å². The molecule has 1 aliphatic carbocycles. The summed E-state index contributed by atoms with van der Waals surface area (Å²) < 4.78 is 13.3. The number of carbonyl (C=O) groups excluding carboxylic acids is 1. The Kier molecular flexibility index (Phi) is 3.39. The van der Waals surface area contributed by atoms with E-state index in [4.69, 9.17) is 4.84 Å². The van der Waals surface area contributed by atoms with Gasteiger partial charge in [0.05, 0.1) is 13.0 Å². The van der Waals surface area contributed by atoms with Crippen molar-refractivity contribution in [2.45, 2.75) is 26.7 Å². The highest BCUT2D eigenvalue weighted by molar-refractivity contribution is 5.83. The number of halogens is 1. The number of amides is 1. The summed E-state index contributed by atoms with van der Waals surface area (Å²) in [7, 11) is 3.09. The molecule has 1 aromatic rings. The summed E-state index contributed by atoms with van der Waals surface area (Å²) in [6, 6.07) is 5.08. The van der Waals surface area contributed by atoms with Crippen molar-refractivity contribution in [3.63, 3.8) is 0 Å². The number of aryl methyl sites for hydroxylation is 1. The molecule has 19 heavy (non-hydrogen) atoms. The molecule has 0 bridgehead atoms. The molecule has 1 fully saturated rings. The van der Waals surface area contributed by atoms with Crippen LogP contribution in [0.3, 0.4) is 0 Å². The molecule has 2 rings (SSSR count). The number of rotatable bonds is 3. The minimum absolute atomic E-state index is 0.0283. The Morgan fingerprint density at radius 1 is 1.42 bits per heavy atom. The SMILES string of the molecule is CON(C)C(=O)[C@@H]1[C@@H](c2ccc(F)c(C)c2)C1(C)C. The van der Waals surface area contributed by atoms with Crippen LogP contribution in [0.5, 0.6) is 0 Å². The van der Waals surface area contributed by atoms with Crippen LogP contribution in [-0.4, -0.2) is 25.1 Å². The Morgan fingerprint density at radius 3 is 2.58 bits per heavy atom. The van der Waals surface area contributed by atoms with Crippen molar-refractivity contribution in [3.05, 3.63) is 35.1 Å². The molecule has 0 aliphatic heterocycles. The third-order valence-corrected chi connectivity index (χ3v) is 4.22. The first-order valence-electron chi connectivity index (χ1n) is 6.38. The average Bonchev–Trinajstić information content (AvgIpc) is 2.93. The van der Waals surface area contributed by atoms with E-state index in [0.717, 1.165) is 5.56 Å². The van der Waals surface area contributed by atoms with Crippen molar-refractivity contribution >= 4 is 5.91 Å². The van der Waals surface area contributed by atoms with E-state index in [9.17, 15) is 9.18 Å². The average molecular weight is 265 g/mol. The molecule has 1 aromatic carbocycles. The molecule has 104 valence electrons. The summed E-state index contributed by atoms with van der Waals surface area (Å²) in [5.41, 5.74) is 1.52.